The molecule has 45 heavy (non-hydrogen) atoms. The number of aromatic nitrogens is 1. The van der Waals surface area contributed by atoms with E-state index in [4.69, 9.17) is 9.47 Å². The van der Waals surface area contributed by atoms with Gasteiger partial charge in [0.2, 0.25) is 0 Å². The Morgan fingerprint density at radius 2 is 1.84 bits per heavy atom. The van der Waals surface area contributed by atoms with Crippen LogP contribution in [0.2, 0.25) is 0 Å². The molecule has 2 aliphatic rings. The molecule has 1 saturated carbocycles. The Balaban J connectivity index is 1.30. The number of methoxy groups -OCH3 is 2. The molecule has 1 aromatic heterocycles. The fourth-order valence-electron chi connectivity index (χ4n) is 6.56. The third-order valence-electron chi connectivity index (χ3n) is 8.87. The van der Waals surface area contributed by atoms with Crippen LogP contribution in [-0.2, 0) is 11.3 Å². The van der Waals surface area contributed by atoms with Crippen LogP contribution in [0.5, 0.6) is 5.75 Å². The lowest BCUT2D eigenvalue weighted by Crippen LogP contribution is -2.47. The SMILES string of the molecule is CNC(=O)c1ccc(NCC#Cc2cc3c(N[C@H]4CC[C@H](N5CCCC(OC)C5)CC4)cccc3n2CC(F)(F)F)c(OC)c1. The zero-order valence-electron chi connectivity index (χ0n) is 26.1. The summed E-state index contributed by atoms with van der Waals surface area (Å²) in [6.07, 6.45) is 2.37. The van der Waals surface area contributed by atoms with E-state index in [2.05, 4.69) is 32.7 Å². The molecule has 1 aliphatic carbocycles. The number of carbonyl (C=O) groups excluding carboxylic acids is 1. The average Bonchev–Trinajstić information content (AvgIpc) is 3.39. The van der Waals surface area contributed by atoms with Crippen LogP contribution in [0.1, 0.15) is 54.6 Å². The van der Waals surface area contributed by atoms with Crippen LogP contribution in [0.4, 0.5) is 24.5 Å². The summed E-state index contributed by atoms with van der Waals surface area (Å²) < 4.78 is 53.3. The van der Waals surface area contributed by atoms with E-state index in [1.54, 1.807) is 50.6 Å². The Bertz CT molecular complexity index is 1540. The Labute approximate surface area is 262 Å². The third kappa shape index (κ3) is 8.05. The van der Waals surface area contributed by atoms with Gasteiger partial charge in [-0.25, -0.2) is 0 Å². The minimum absolute atomic E-state index is 0.166. The van der Waals surface area contributed by atoms with E-state index < -0.39 is 12.7 Å². The number of halogens is 3. The Morgan fingerprint density at radius 1 is 1.04 bits per heavy atom. The number of fused-ring (bicyclic) bond motifs is 1. The average molecular weight is 626 g/mol. The number of nitrogens with zero attached hydrogens (tertiary/aromatic N) is 2. The number of carbonyl (C=O) groups is 1. The maximum absolute atomic E-state index is 13.7. The molecule has 1 saturated heterocycles. The lowest BCUT2D eigenvalue weighted by atomic mass is 9.88. The zero-order chi connectivity index (χ0) is 32.0. The van der Waals surface area contributed by atoms with Gasteiger partial charge in [0.15, 0.2) is 0 Å². The number of likely N-dealkylation sites (tertiary alicyclic amines) is 1. The largest absolute Gasteiger partial charge is 0.495 e. The first kappa shape index (κ1) is 32.5. The molecule has 1 atom stereocenters. The number of hydrogen-bond acceptors (Lipinski definition) is 6. The summed E-state index contributed by atoms with van der Waals surface area (Å²) in [5.74, 6) is 6.14. The van der Waals surface area contributed by atoms with Crippen molar-refractivity contribution in [1.82, 2.24) is 14.8 Å². The van der Waals surface area contributed by atoms with Gasteiger partial charge in [0.05, 0.1) is 36.7 Å². The summed E-state index contributed by atoms with van der Waals surface area (Å²) in [5.41, 5.74) is 2.68. The molecule has 1 amide bonds. The molecule has 2 heterocycles. The highest BCUT2D eigenvalue weighted by atomic mass is 19.4. The van der Waals surface area contributed by atoms with E-state index in [1.807, 2.05) is 6.07 Å². The first-order chi connectivity index (χ1) is 21.7. The van der Waals surface area contributed by atoms with Crippen LogP contribution in [0.25, 0.3) is 10.9 Å². The van der Waals surface area contributed by atoms with Gasteiger partial charge in [0.1, 0.15) is 12.3 Å². The zero-order valence-corrected chi connectivity index (χ0v) is 26.1. The van der Waals surface area contributed by atoms with Gasteiger partial charge >= 0.3 is 6.18 Å². The Hall–Kier alpha value is -3.88. The maximum Gasteiger partial charge on any atom is 0.406 e. The van der Waals surface area contributed by atoms with Crippen LogP contribution in [0.3, 0.4) is 0 Å². The molecular weight excluding hydrogens is 583 g/mol. The number of rotatable bonds is 9. The molecule has 1 unspecified atom stereocenters. The van der Waals surface area contributed by atoms with Crippen molar-refractivity contribution in [2.24, 2.45) is 0 Å². The standard InChI is InChI=1S/C34H42F3N5O3/c1-38-33(43)23-11-16-30(32(19-23)45-3)39-17-5-7-26-20-28-29(9-4-10-31(28)42(26)22-34(35,36)37)40-24-12-14-25(15-13-24)41-18-6-8-27(21-41)44-2/h4,9-11,16,19-20,24-25,27,39-40H,6,8,12-15,17-18,21-22H2,1-3H3,(H,38,43)/t24-,25-,27?. The summed E-state index contributed by atoms with van der Waals surface area (Å²) >= 11 is 0. The van der Waals surface area contributed by atoms with Crippen molar-refractivity contribution in [1.29, 1.82) is 0 Å². The molecule has 1 aliphatic heterocycles. The molecule has 0 spiro atoms. The summed E-state index contributed by atoms with van der Waals surface area (Å²) in [5, 5.41) is 10.1. The van der Waals surface area contributed by atoms with Gasteiger partial charge in [-0.05, 0) is 87.4 Å². The molecule has 242 valence electrons. The van der Waals surface area contributed by atoms with Gasteiger partial charge in [0, 0.05) is 49.4 Å². The topological polar surface area (TPSA) is 79.8 Å². The minimum Gasteiger partial charge on any atom is -0.495 e. The number of nitrogens with one attached hydrogen (secondary N) is 3. The Morgan fingerprint density at radius 3 is 2.56 bits per heavy atom. The third-order valence-corrected chi connectivity index (χ3v) is 8.87. The number of alkyl halides is 3. The summed E-state index contributed by atoms with van der Waals surface area (Å²) in [6.45, 7) is 1.14. The van der Waals surface area contributed by atoms with E-state index in [9.17, 15) is 18.0 Å². The fourth-order valence-corrected chi connectivity index (χ4v) is 6.56. The van der Waals surface area contributed by atoms with Crippen molar-refractivity contribution in [2.45, 2.75) is 69.4 Å². The fraction of sp³-hybridized carbons (Fsp3) is 0.500. The molecule has 8 nitrogen and oxygen atoms in total. The van der Waals surface area contributed by atoms with Crippen molar-refractivity contribution in [3.8, 4) is 17.6 Å². The van der Waals surface area contributed by atoms with Crippen molar-refractivity contribution >= 4 is 28.2 Å². The lowest BCUT2D eigenvalue weighted by molar-refractivity contribution is -0.140. The number of ether oxygens (including phenoxy) is 2. The predicted molar refractivity (Wildman–Crippen MR) is 171 cm³/mol. The number of anilines is 2. The second-order valence-corrected chi connectivity index (χ2v) is 11.8. The molecule has 5 rings (SSSR count). The van der Waals surface area contributed by atoms with Crippen LogP contribution in [-0.4, -0.2) is 80.6 Å². The second-order valence-electron chi connectivity index (χ2n) is 11.8. The van der Waals surface area contributed by atoms with Gasteiger partial charge in [0.25, 0.3) is 5.91 Å². The molecule has 2 aromatic carbocycles. The molecular formula is C34H42F3N5O3. The first-order valence-corrected chi connectivity index (χ1v) is 15.5. The second kappa shape index (κ2) is 14.5. The molecule has 3 N–H and O–H groups in total. The van der Waals surface area contributed by atoms with Crippen molar-refractivity contribution in [3.05, 3.63) is 53.7 Å². The van der Waals surface area contributed by atoms with E-state index in [1.165, 1.54) is 11.7 Å². The van der Waals surface area contributed by atoms with Crippen LogP contribution in [0.15, 0.2) is 42.5 Å². The Kier molecular flexibility index (Phi) is 10.5. The molecule has 0 radical (unpaired) electrons. The molecule has 2 fully saturated rings. The van der Waals surface area contributed by atoms with Crippen molar-refractivity contribution in [3.63, 3.8) is 0 Å². The van der Waals surface area contributed by atoms with Crippen LogP contribution < -0.4 is 20.7 Å². The molecule has 3 aromatic rings. The predicted octanol–water partition coefficient (Wildman–Crippen LogP) is 5.87. The van der Waals surface area contributed by atoms with Gasteiger partial charge in [-0.15, -0.1) is 0 Å². The van der Waals surface area contributed by atoms with E-state index >= 15 is 0 Å². The van der Waals surface area contributed by atoms with E-state index in [-0.39, 0.29) is 18.5 Å². The number of benzene rings is 2. The van der Waals surface area contributed by atoms with Gasteiger partial charge in [-0.3, -0.25) is 9.69 Å². The van der Waals surface area contributed by atoms with Crippen molar-refractivity contribution < 1.29 is 27.4 Å². The summed E-state index contributed by atoms with van der Waals surface area (Å²) in [7, 11) is 4.84. The number of piperidine rings is 1. The van der Waals surface area contributed by atoms with Gasteiger partial charge < -0.3 is 30.0 Å². The van der Waals surface area contributed by atoms with Crippen LogP contribution in [0, 0.1) is 11.8 Å². The minimum atomic E-state index is -4.40. The smallest absolute Gasteiger partial charge is 0.406 e. The normalized spacial score (nSPS) is 20.7. The van der Waals surface area contributed by atoms with Gasteiger partial charge in [-0.1, -0.05) is 12.0 Å². The quantitative estimate of drug-likeness (QED) is 0.258. The number of amides is 1. The molecule has 0 bridgehead atoms. The van der Waals surface area contributed by atoms with E-state index in [0.717, 1.165) is 62.7 Å². The van der Waals surface area contributed by atoms with Crippen molar-refractivity contribution in [2.75, 3.05) is 51.5 Å². The summed E-state index contributed by atoms with van der Waals surface area (Å²) in [4.78, 5) is 14.5. The molecule has 11 heteroatoms. The first-order valence-electron chi connectivity index (χ1n) is 15.5. The van der Waals surface area contributed by atoms with E-state index in [0.29, 0.717) is 40.4 Å². The van der Waals surface area contributed by atoms with Gasteiger partial charge in [-0.2, -0.15) is 13.2 Å². The highest BCUT2D eigenvalue weighted by Crippen LogP contribution is 2.33. The maximum atomic E-state index is 13.7. The highest BCUT2D eigenvalue weighted by molar-refractivity contribution is 5.95. The number of hydrogen-bond donors (Lipinski definition) is 3. The summed E-state index contributed by atoms with van der Waals surface area (Å²) in [6, 6.07) is 13.0. The highest BCUT2D eigenvalue weighted by Gasteiger charge is 2.31. The lowest BCUT2D eigenvalue weighted by Gasteiger charge is -2.41. The van der Waals surface area contributed by atoms with Crippen LogP contribution >= 0.6 is 0 Å². The monoisotopic (exact) mass is 625 g/mol.